The lowest BCUT2D eigenvalue weighted by atomic mass is 10.1. The molecule has 4 aromatic rings. The topological polar surface area (TPSA) is 81.2 Å². The number of nitrogens with one attached hydrogen (secondary N) is 3. The van der Waals surface area contributed by atoms with E-state index in [-0.39, 0.29) is 0 Å². The van der Waals surface area contributed by atoms with Gasteiger partial charge in [-0.1, -0.05) is 42.5 Å². The van der Waals surface area contributed by atoms with Gasteiger partial charge in [0.2, 0.25) is 0 Å². The maximum absolute atomic E-state index is 5.53. The van der Waals surface area contributed by atoms with E-state index < -0.39 is 0 Å². The van der Waals surface area contributed by atoms with E-state index in [0.717, 1.165) is 60.3 Å². The molecule has 1 fully saturated rings. The highest BCUT2D eigenvalue weighted by Gasteiger charge is 2.15. The second kappa shape index (κ2) is 11.1. The van der Waals surface area contributed by atoms with Crippen LogP contribution in [0.15, 0.2) is 85.1 Å². The highest BCUT2D eigenvalue weighted by atomic mass is 32.1. The molecular weight excluding hydrogens is 468 g/mol. The summed E-state index contributed by atoms with van der Waals surface area (Å²) in [6, 6.07) is 25.7. The Morgan fingerprint density at radius 2 is 1.53 bits per heavy atom. The Morgan fingerprint density at radius 3 is 2.22 bits per heavy atom. The van der Waals surface area contributed by atoms with Crippen LogP contribution in [0.25, 0.3) is 11.3 Å². The molecular formula is C27H28N8S. The molecule has 1 saturated heterocycles. The minimum absolute atomic E-state index is 0.426. The van der Waals surface area contributed by atoms with Crippen LogP contribution in [-0.2, 0) is 0 Å². The summed E-state index contributed by atoms with van der Waals surface area (Å²) in [5, 5.41) is 18.8. The van der Waals surface area contributed by atoms with Gasteiger partial charge in [0, 0.05) is 31.7 Å². The Labute approximate surface area is 216 Å². The Kier molecular flexibility index (Phi) is 7.30. The molecule has 9 heteroatoms. The number of hydrogen-bond acceptors (Lipinski definition) is 7. The van der Waals surface area contributed by atoms with E-state index in [1.54, 1.807) is 0 Å². The lowest BCUT2D eigenvalue weighted by molar-refractivity contribution is 0.312. The van der Waals surface area contributed by atoms with Crippen molar-refractivity contribution >= 4 is 46.0 Å². The molecule has 0 bridgehead atoms. The zero-order valence-corrected chi connectivity index (χ0v) is 20.9. The van der Waals surface area contributed by atoms with Crippen LogP contribution in [-0.4, -0.2) is 58.4 Å². The van der Waals surface area contributed by atoms with E-state index in [9.17, 15) is 0 Å². The molecule has 0 saturated carbocycles. The number of thiocarbonyl (C=S) groups is 1. The predicted molar refractivity (Wildman–Crippen MR) is 151 cm³/mol. The van der Waals surface area contributed by atoms with Gasteiger partial charge in [0.15, 0.2) is 10.9 Å². The number of nitrogens with zero attached hydrogens (tertiary/aromatic N) is 5. The molecule has 2 aromatic heterocycles. The zero-order valence-electron chi connectivity index (χ0n) is 20.1. The van der Waals surface area contributed by atoms with Gasteiger partial charge in [-0.15, -0.1) is 10.2 Å². The van der Waals surface area contributed by atoms with Gasteiger partial charge in [0.25, 0.3) is 0 Å². The molecule has 1 aliphatic heterocycles. The Bertz CT molecular complexity index is 1290. The molecule has 0 atom stereocenters. The third kappa shape index (κ3) is 5.94. The van der Waals surface area contributed by atoms with E-state index in [1.165, 1.54) is 0 Å². The average Bonchev–Trinajstić information content (AvgIpc) is 2.92. The molecule has 8 nitrogen and oxygen atoms in total. The summed E-state index contributed by atoms with van der Waals surface area (Å²) >= 11 is 5.53. The minimum atomic E-state index is 0.426. The summed E-state index contributed by atoms with van der Waals surface area (Å²) in [6.07, 6.45) is 1.87. The second-order valence-electron chi connectivity index (χ2n) is 8.61. The second-order valence-corrected chi connectivity index (χ2v) is 9.02. The summed E-state index contributed by atoms with van der Waals surface area (Å²) < 4.78 is 0. The van der Waals surface area contributed by atoms with Crippen LogP contribution in [0.1, 0.15) is 0 Å². The maximum Gasteiger partial charge on any atom is 0.176 e. The molecule has 3 heterocycles. The first-order chi connectivity index (χ1) is 17.6. The first kappa shape index (κ1) is 23.7. The van der Waals surface area contributed by atoms with Crippen LogP contribution >= 0.6 is 12.2 Å². The number of rotatable bonds is 6. The third-order valence-corrected chi connectivity index (χ3v) is 6.21. The molecule has 0 radical (unpaired) electrons. The number of anilines is 5. The smallest absolute Gasteiger partial charge is 0.176 e. The molecule has 1 aliphatic rings. The number of hydrogen-bond donors (Lipinski definition) is 3. The quantitative estimate of drug-likeness (QED) is 0.325. The average molecular weight is 497 g/mol. The Balaban J connectivity index is 1.20. The van der Waals surface area contributed by atoms with Gasteiger partial charge in [-0.25, -0.2) is 4.98 Å². The molecule has 3 N–H and O–H groups in total. The van der Waals surface area contributed by atoms with Crippen molar-refractivity contribution in [3.8, 4) is 11.3 Å². The van der Waals surface area contributed by atoms with Gasteiger partial charge >= 0.3 is 0 Å². The van der Waals surface area contributed by atoms with E-state index in [0.29, 0.717) is 10.9 Å². The normalized spacial score (nSPS) is 13.8. The number of para-hydroxylation sites is 2. The number of likely N-dealkylation sites (N-methyl/N-ethyl adjacent to an activating group) is 1. The molecule has 182 valence electrons. The van der Waals surface area contributed by atoms with Crippen molar-refractivity contribution in [3.63, 3.8) is 0 Å². The summed E-state index contributed by atoms with van der Waals surface area (Å²) in [7, 11) is 2.15. The van der Waals surface area contributed by atoms with Gasteiger partial charge in [-0.3, -0.25) is 0 Å². The zero-order chi connectivity index (χ0) is 24.7. The van der Waals surface area contributed by atoms with Crippen molar-refractivity contribution < 1.29 is 0 Å². The SMILES string of the molecule is CN1CCN(c2ccc(Nc3ccccc3NC(=S)Nc3ccc(-c4ccccc4)nn3)cn2)CC1. The van der Waals surface area contributed by atoms with Crippen LogP contribution in [0.2, 0.25) is 0 Å². The maximum atomic E-state index is 5.53. The molecule has 0 aliphatic carbocycles. The van der Waals surface area contributed by atoms with E-state index in [2.05, 4.69) is 60.1 Å². The van der Waals surface area contributed by atoms with Crippen LogP contribution in [0.4, 0.5) is 28.7 Å². The number of aromatic nitrogens is 3. The molecule has 5 rings (SSSR count). The lowest BCUT2D eigenvalue weighted by Gasteiger charge is -2.33. The van der Waals surface area contributed by atoms with Gasteiger partial charge in [0.1, 0.15) is 5.82 Å². The summed E-state index contributed by atoms with van der Waals surface area (Å²) in [4.78, 5) is 9.32. The standard InChI is InChI=1S/C27H28N8S/c1-34-15-17-35(18-16-34)26-14-11-21(19-28-26)29-23-9-5-6-10-24(23)30-27(36)31-25-13-12-22(32-33-25)20-7-3-2-4-8-20/h2-14,19,29H,15-18H2,1H3,(H2,30,31,33,36). The fraction of sp³-hybridized carbons (Fsp3) is 0.185. The van der Waals surface area contributed by atoms with Crippen molar-refractivity contribution in [3.05, 3.63) is 85.1 Å². The van der Waals surface area contributed by atoms with Crippen molar-refractivity contribution in [1.29, 1.82) is 0 Å². The largest absolute Gasteiger partial charge is 0.354 e. The fourth-order valence-corrected chi connectivity index (χ4v) is 4.19. The van der Waals surface area contributed by atoms with E-state index >= 15 is 0 Å². The highest BCUT2D eigenvalue weighted by Crippen LogP contribution is 2.26. The van der Waals surface area contributed by atoms with Crippen LogP contribution < -0.4 is 20.9 Å². The summed E-state index contributed by atoms with van der Waals surface area (Å²) in [5.41, 5.74) is 4.46. The number of pyridine rings is 1. The Hall–Kier alpha value is -4.08. The van der Waals surface area contributed by atoms with Crippen molar-refractivity contribution in [2.45, 2.75) is 0 Å². The fourth-order valence-electron chi connectivity index (χ4n) is 3.97. The van der Waals surface area contributed by atoms with Gasteiger partial charge in [-0.05, 0) is 55.7 Å². The monoisotopic (exact) mass is 496 g/mol. The summed E-state index contributed by atoms with van der Waals surface area (Å²) in [6.45, 7) is 4.09. The molecule has 0 amide bonds. The number of benzene rings is 2. The first-order valence-electron chi connectivity index (χ1n) is 11.9. The predicted octanol–water partition coefficient (Wildman–Crippen LogP) is 4.84. The molecule has 36 heavy (non-hydrogen) atoms. The van der Waals surface area contributed by atoms with Crippen LogP contribution in [0.5, 0.6) is 0 Å². The Morgan fingerprint density at radius 1 is 0.778 bits per heavy atom. The van der Waals surface area contributed by atoms with Crippen molar-refractivity contribution in [2.24, 2.45) is 0 Å². The first-order valence-corrected chi connectivity index (χ1v) is 12.3. The van der Waals surface area contributed by atoms with Gasteiger partial charge < -0.3 is 25.8 Å². The van der Waals surface area contributed by atoms with Crippen molar-refractivity contribution in [1.82, 2.24) is 20.1 Å². The molecule has 2 aromatic carbocycles. The van der Waals surface area contributed by atoms with Crippen molar-refractivity contribution in [2.75, 3.05) is 54.1 Å². The number of piperazine rings is 1. The highest BCUT2D eigenvalue weighted by molar-refractivity contribution is 7.80. The van der Waals surface area contributed by atoms with Gasteiger partial charge in [0.05, 0.1) is 29.0 Å². The van der Waals surface area contributed by atoms with E-state index in [1.807, 2.05) is 72.9 Å². The lowest BCUT2D eigenvalue weighted by Crippen LogP contribution is -2.44. The summed E-state index contributed by atoms with van der Waals surface area (Å²) in [5.74, 6) is 1.58. The van der Waals surface area contributed by atoms with Crippen LogP contribution in [0, 0.1) is 0 Å². The molecule has 0 unspecified atom stereocenters. The van der Waals surface area contributed by atoms with E-state index in [4.69, 9.17) is 12.2 Å². The van der Waals surface area contributed by atoms with Gasteiger partial charge in [-0.2, -0.15) is 0 Å². The minimum Gasteiger partial charge on any atom is -0.354 e. The molecule has 0 spiro atoms. The van der Waals surface area contributed by atoms with Crippen LogP contribution in [0.3, 0.4) is 0 Å². The third-order valence-electron chi connectivity index (χ3n) is 6.01.